The molecule has 4 rings (SSSR count). The molecule has 0 radical (unpaired) electrons. The number of halogens is 3. The summed E-state index contributed by atoms with van der Waals surface area (Å²) >= 11 is 0. The molecule has 2 aromatic carbocycles. The van der Waals surface area contributed by atoms with Gasteiger partial charge < -0.3 is 14.9 Å². The van der Waals surface area contributed by atoms with Crippen LogP contribution in [0.5, 0.6) is 0 Å². The highest BCUT2D eigenvalue weighted by atomic mass is 19.4. The van der Waals surface area contributed by atoms with Crippen LogP contribution in [-0.2, 0) is 24.3 Å². The van der Waals surface area contributed by atoms with Crippen LogP contribution in [0.3, 0.4) is 0 Å². The van der Waals surface area contributed by atoms with Crippen LogP contribution in [0.25, 0.3) is 5.69 Å². The number of rotatable bonds is 4. The molecule has 1 aromatic heterocycles. The van der Waals surface area contributed by atoms with Crippen molar-refractivity contribution in [2.24, 2.45) is 0 Å². The van der Waals surface area contributed by atoms with Gasteiger partial charge in [0.1, 0.15) is 0 Å². The van der Waals surface area contributed by atoms with E-state index in [2.05, 4.69) is 37.2 Å². The first-order valence-corrected chi connectivity index (χ1v) is 11.1. The van der Waals surface area contributed by atoms with Crippen LogP contribution in [0.4, 0.5) is 13.2 Å². The Bertz CT molecular complexity index is 1290. The van der Waals surface area contributed by atoms with Gasteiger partial charge in [0.25, 0.3) is 11.5 Å². The van der Waals surface area contributed by atoms with E-state index in [0.717, 1.165) is 18.7 Å². The Balaban J connectivity index is 0.000000454. The van der Waals surface area contributed by atoms with Crippen molar-refractivity contribution in [3.63, 3.8) is 0 Å². The summed E-state index contributed by atoms with van der Waals surface area (Å²) in [5.74, 6) is -2.80. The summed E-state index contributed by atoms with van der Waals surface area (Å²) in [6.45, 7) is 2.19. The molecule has 36 heavy (non-hydrogen) atoms. The second-order valence-electron chi connectivity index (χ2n) is 8.58. The predicted molar refractivity (Wildman–Crippen MR) is 128 cm³/mol. The van der Waals surface area contributed by atoms with E-state index in [0.29, 0.717) is 18.7 Å². The standard InChI is InChI=1S/C24H25N3O2.C2HF3O2/c1-25(2)15-18-8-9-20-16-26(13-12-19(20)14-18)24(29)21-10-11-23(28)27(17-21)22-6-4-3-5-7-22;3-2(4,5)1(6)7/h3-11,14,17H,12-13,15-16H2,1-2H3;(H,6,7). The molecule has 0 fully saturated rings. The highest BCUT2D eigenvalue weighted by molar-refractivity contribution is 5.94. The minimum atomic E-state index is -5.08. The SMILES string of the molecule is CN(C)Cc1ccc2c(c1)CCN(C(=O)c1ccc(=O)n(-c3ccccc3)c1)C2.O=C(O)C(F)(F)F. The first-order valence-electron chi connectivity index (χ1n) is 11.1. The number of fused-ring (bicyclic) bond motifs is 1. The van der Waals surface area contributed by atoms with E-state index in [-0.39, 0.29) is 11.5 Å². The molecule has 7 nitrogen and oxygen atoms in total. The molecule has 0 atom stereocenters. The van der Waals surface area contributed by atoms with Gasteiger partial charge in [-0.15, -0.1) is 0 Å². The molecular weight excluding hydrogens is 475 g/mol. The molecule has 10 heteroatoms. The van der Waals surface area contributed by atoms with Crippen molar-refractivity contribution < 1.29 is 27.9 Å². The fraction of sp³-hybridized carbons (Fsp3) is 0.269. The third-order valence-electron chi connectivity index (χ3n) is 5.50. The molecule has 0 saturated carbocycles. The number of benzene rings is 2. The van der Waals surface area contributed by atoms with Gasteiger partial charge in [-0.25, -0.2) is 4.79 Å². The van der Waals surface area contributed by atoms with E-state index in [4.69, 9.17) is 9.90 Å². The summed E-state index contributed by atoms with van der Waals surface area (Å²) in [6, 6.07) is 19.0. The van der Waals surface area contributed by atoms with Crippen molar-refractivity contribution in [3.8, 4) is 5.69 Å². The third-order valence-corrected chi connectivity index (χ3v) is 5.50. The quantitative estimate of drug-likeness (QED) is 0.589. The van der Waals surface area contributed by atoms with Crippen LogP contribution in [0.15, 0.2) is 71.7 Å². The fourth-order valence-corrected chi connectivity index (χ4v) is 3.83. The van der Waals surface area contributed by atoms with Crippen LogP contribution in [0.2, 0.25) is 0 Å². The minimum absolute atomic E-state index is 0.0438. The van der Waals surface area contributed by atoms with Crippen molar-refractivity contribution in [3.05, 3.63) is 99.5 Å². The van der Waals surface area contributed by atoms with Gasteiger partial charge in [-0.05, 0) is 55.4 Å². The Hall–Kier alpha value is -3.92. The maximum Gasteiger partial charge on any atom is 0.490 e. The number of carboxylic acid groups (broad SMARTS) is 1. The average Bonchev–Trinajstić information content (AvgIpc) is 2.83. The molecule has 0 spiro atoms. The third kappa shape index (κ3) is 6.82. The van der Waals surface area contributed by atoms with E-state index >= 15 is 0 Å². The zero-order valence-corrected chi connectivity index (χ0v) is 19.8. The van der Waals surface area contributed by atoms with Crippen molar-refractivity contribution in [1.82, 2.24) is 14.4 Å². The monoisotopic (exact) mass is 501 g/mol. The summed E-state index contributed by atoms with van der Waals surface area (Å²) in [6.07, 6.45) is -2.59. The average molecular weight is 502 g/mol. The highest BCUT2D eigenvalue weighted by Crippen LogP contribution is 2.22. The molecule has 1 aliphatic heterocycles. The maximum absolute atomic E-state index is 13.1. The molecule has 0 aliphatic carbocycles. The summed E-state index contributed by atoms with van der Waals surface area (Å²) in [5, 5.41) is 7.12. The van der Waals surface area contributed by atoms with Crippen LogP contribution in [0, 0.1) is 0 Å². The minimum Gasteiger partial charge on any atom is -0.475 e. The second-order valence-corrected chi connectivity index (χ2v) is 8.58. The van der Waals surface area contributed by atoms with Crippen LogP contribution >= 0.6 is 0 Å². The summed E-state index contributed by atoms with van der Waals surface area (Å²) in [4.78, 5) is 38.3. The number of alkyl halides is 3. The molecular formula is C26H26F3N3O4. The number of carboxylic acids is 1. The van der Waals surface area contributed by atoms with Gasteiger partial charge in [0, 0.05) is 37.6 Å². The number of nitrogens with zero attached hydrogens (tertiary/aromatic N) is 3. The largest absolute Gasteiger partial charge is 0.490 e. The summed E-state index contributed by atoms with van der Waals surface area (Å²) in [7, 11) is 4.13. The first kappa shape index (κ1) is 26.7. The lowest BCUT2D eigenvalue weighted by atomic mass is 9.96. The fourth-order valence-electron chi connectivity index (χ4n) is 3.83. The van der Waals surface area contributed by atoms with Gasteiger partial charge in [0.05, 0.1) is 5.56 Å². The number of aliphatic carboxylic acids is 1. The lowest BCUT2D eigenvalue weighted by Gasteiger charge is -2.29. The van der Waals surface area contributed by atoms with E-state index in [9.17, 15) is 22.8 Å². The van der Waals surface area contributed by atoms with Gasteiger partial charge in [-0.1, -0.05) is 36.4 Å². The molecule has 1 N–H and O–H groups in total. The van der Waals surface area contributed by atoms with Crippen molar-refractivity contribution in [2.45, 2.75) is 25.7 Å². The van der Waals surface area contributed by atoms with Gasteiger partial charge in [0.2, 0.25) is 0 Å². The zero-order chi connectivity index (χ0) is 26.5. The lowest BCUT2D eigenvalue weighted by Crippen LogP contribution is -2.36. The number of carbonyl (C=O) groups excluding carboxylic acids is 1. The van der Waals surface area contributed by atoms with Crippen LogP contribution < -0.4 is 5.56 Å². The second kappa shape index (κ2) is 11.2. The van der Waals surface area contributed by atoms with Gasteiger partial charge >= 0.3 is 12.1 Å². The first-order chi connectivity index (χ1) is 17.0. The number of carbonyl (C=O) groups is 2. The molecule has 190 valence electrons. The van der Waals surface area contributed by atoms with Crippen molar-refractivity contribution in [2.75, 3.05) is 20.6 Å². The molecule has 0 unspecified atom stereocenters. The highest BCUT2D eigenvalue weighted by Gasteiger charge is 2.38. The van der Waals surface area contributed by atoms with Gasteiger partial charge in [-0.3, -0.25) is 14.2 Å². The van der Waals surface area contributed by atoms with E-state index in [1.807, 2.05) is 35.2 Å². The molecule has 3 aromatic rings. The van der Waals surface area contributed by atoms with Crippen LogP contribution in [0.1, 0.15) is 27.0 Å². The Morgan fingerprint density at radius 3 is 2.28 bits per heavy atom. The van der Waals surface area contributed by atoms with Crippen molar-refractivity contribution in [1.29, 1.82) is 0 Å². The number of pyridine rings is 1. The van der Waals surface area contributed by atoms with Crippen LogP contribution in [-0.4, -0.2) is 58.2 Å². The molecule has 1 aliphatic rings. The summed E-state index contributed by atoms with van der Waals surface area (Å²) < 4.78 is 33.3. The number of para-hydroxylation sites is 1. The molecule has 1 amide bonds. The van der Waals surface area contributed by atoms with Gasteiger partial charge in [0.15, 0.2) is 0 Å². The smallest absolute Gasteiger partial charge is 0.475 e. The van der Waals surface area contributed by atoms with E-state index in [1.165, 1.54) is 27.3 Å². The number of hydrogen-bond donors (Lipinski definition) is 1. The normalized spacial score (nSPS) is 13.0. The predicted octanol–water partition coefficient (Wildman–Crippen LogP) is 3.73. The topological polar surface area (TPSA) is 82.9 Å². The maximum atomic E-state index is 13.1. The number of aromatic nitrogens is 1. The number of amides is 1. The lowest BCUT2D eigenvalue weighted by molar-refractivity contribution is -0.192. The Labute approximate surface area is 206 Å². The number of hydrogen-bond acceptors (Lipinski definition) is 4. The summed E-state index contributed by atoms with van der Waals surface area (Å²) in [5.41, 5.74) is 4.95. The molecule has 0 saturated heterocycles. The van der Waals surface area contributed by atoms with E-state index < -0.39 is 12.1 Å². The molecule has 2 heterocycles. The van der Waals surface area contributed by atoms with E-state index in [1.54, 1.807) is 12.3 Å². The Morgan fingerprint density at radius 1 is 1.00 bits per heavy atom. The zero-order valence-electron chi connectivity index (χ0n) is 19.8. The van der Waals surface area contributed by atoms with Crippen molar-refractivity contribution >= 4 is 11.9 Å². The Morgan fingerprint density at radius 2 is 1.67 bits per heavy atom. The van der Waals surface area contributed by atoms with Gasteiger partial charge in [-0.2, -0.15) is 13.2 Å². The Kier molecular flexibility index (Phi) is 8.31. The molecule has 0 bridgehead atoms.